The van der Waals surface area contributed by atoms with E-state index in [-0.39, 0.29) is 0 Å². The molecule has 1 rings (SSSR count). The summed E-state index contributed by atoms with van der Waals surface area (Å²) in [7, 11) is 0. The van der Waals surface area contributed by atoms with E-state index in [1.54, 1.807) is 0 Å². The summed E-state index contributed by atoms with van der Waals surface area (Å²) < 4.78 is 4.61. The maximum Gasteiger partial charge on any atom is 0.364 e. The highest BCUT2D eigenvalue weighted by Crippen LogP contribution is 2.34. The van der Waals surface area contributed by atoms with E-state index in [2.05, 4.69) is 4.74 Å². The number of aliphatic carboxylic acids is 1. The third-order valence-corrected chi connectivity index (χ3v) is 3.01. The fraction of sp³-hybridized carbons (Fsp3) is 0.889. The quantitative estimate of drug-likeness (QED) is 0.232. The van der Waals surface area contributed by atoms with E-state index in [1.807, 2.05) is 0 Å². The molecule has 0 aliphatic carbocycles. The molecule has 9 N–H and O–H groups in total. The summed E-state index contributed by atoms with van der Waals surface area (Å²) in [6, 6.07) is 0. The molecule has 0 aromatic heterocycles. The molecular formula is C9H17NO9. The number of carbonyl (C=O) groups is 1. The molecule has 0 radical (unpaired) electrons. The molecule has 0 aromatic carbocycles. The van der Waals surface area contributed by atoms with Crippen LogP contribution in [0.1, 0.15) is 6.42 Å². The first-order valence-corrected chi connectivity index (χ1v) is 5.36. The molecule has 10 heteroatoms. The highest BCUT2D eigenvalue weighted by Gasteiger charge is 2.59. The summed E-state index contributed by atoms with van der Waals surface area (Å²) in [4.78, 5) is 10.8. The van der Waals surface area contributed by atoms with Crippen molar-refractivity contribution >= 4 is 5.97 Å². The van der Waals surface area contributed by atoms with Crippen molar-refractivity contribution in [1.29, 1.82) is 0 Å². The molecule has 0 saturated carbocycles. The minimum absolute atomic E-state index is 0.932. The van der Waals surface area contributed by atoms with Gasteiger partial charge in [0, 0.05) is 6.42 Å². The molecule has 1 aliphatic rings. The van der Waals surface area contributed by atoms with Crippen molar-refractivity contribution in [1.82, 2.24) is 0 Å². The van der Waals surface area contributed by atoms with Crippen molar-refractivity contribution in [2.75, 3.05) is 6.61 Å². The molecule has 1 saturated heterocycles. The van der Waals surface area contributed by atoms with Crippen LogP contribution < -0.4 is 5.73 Å². The predicted molar refractivity (Wildman–Crippen MR) is 56.3 cm³/mol. The molecule has 1 aliphatic heterocycles. The highest BCUT2D eigenvalue weighted by molar-refractivity contribution is 5.75. The maximum atomic E-state index is 10.8. The Balaban J connectivity index is 3.07. The lowest BCUT2D eigenvalue weighted by molar-refractivity contribution is -0.339. The van der Waals surface area contributed by atoms with Crippen LogP contribution in [-0.2, 0) is 9.53 Å². The van der Waals surface area contributed by atoms with Crippen LogP contribution in [0.5, 0.6) is 0 Å². The normalized spacial score (nSPS) is 42.7. The van der Waals surface area contributed by atoms with Crippen LogP contribution in [0.4, 0.5) is 0 Å². The van der Waals surface area contributed by atoms with Gasteiger partial charge in [-0.15, -0.1) is 0 Å². The van der Waals surface area contributed by atoms with Gasteiger partial charge < -0.3 is 40.5 Å². The van der Waals surface area contributed by atoms with Crippen LogP contribution in [0.2, 0.25) is 0 Å². The molecule has 1 fully saturated rings. The fourth-order valence-electron chi connectivity index (χ4n) is 1.76. The average Bonchev–Trinajstić information content (AvgIpc) is 2.32. The van der Waals surface area contributed by atoms with E-state index in [0.29, 0.717) is 0 Å². The van der Waals surface area contributed by atoms with Crippen molar-refractivity contribution in [2.45, 2.75) is 42.3 Å². The third kappa shape index (κ3) is 2.85. The average molecular weight is 283 g/mol. The lowest BCUT2D eigenvalue weighted by Crippen LogP contribution is -2.73. The molecule has 0 unspecified atom stereocenters. The van der Waals surface area contributed by atoms with Crippen molar-refractivity contribution in [3.63, 3.8) is 0 Å². The Bertz CT molecular complexity index is 349. The minimum atomic E-state index is -2.88. The molecule has 0 bridgehead atoms. The number of aliphatic hydroxyl groups is 6. The van der Waals surface area contributed by atoms with Crippen molar-refractivity contribution in [3.8, 4) is 0 Å². The number of aliphatic hydroxyl groups excluding tert-OH is 4. The van der Waals surface area contributed by atoms with Gasteiger partial charge >= 0.3 is 5.97 Å². The number of ether oxygens (including phenoxy) is 1. The lowest BCUT2D eigenvalue weighted by Gasteiger charge is -2.47. The molecule has 19 heavy (non-hydrogen) atoms. The zero-order valence-electron chi connectivity index (χ0n) is 9.75. The van der Waals surface area contributed by atoms with E-state index >= 15 is 0 Å². The van der Waals surface area contributed by atoms with Crippen molar-refractivity contribution in [3.05, 3.63) is 0 Å². The van der Waals surface area contributed by atoms with Gasteiger partial charge in [-0.3, -0.25) is 5.73 Å². The number of hydrogen-bond acceptors (Lipinski definition) is 9. The van der Waals surface area contributed by atoms with Crippen molar-refractivity contribution < 1.29 is 45.3 Å². The number of nitrogens with two attached hydrogens (primary N) is 1. The second kappa shape index (κ2) is 5.26. The van der Waals surface area contributed by atoms with Crippen LogP contribution in [-0.4, -0.2) is 84.2 Å². The molecule has 0 aromatic rings. The highest BCUT2D eigenvalue weighted by atomic mass is 16.7. The Labute approximate surface area is 107 Å². The monoisotopic (exact) mass is 283 g/mol. The lowest BCUT2D eigenvalue weighted by atomic mass is 9.86. The second-order valence-corrected chi connectivity index (χ2v) is 4.48. The first-order valence-electron chi connectivity index (χ1n) is 5.36. The van der Waals surface area contributed by atoms with Crippen LogP contribution in [0.25, 0.3) is 0 Å². The zero-order valence-corrected chi connectivity index (χ0v) is 9.75. The number of rotatable bonds is 4. The van der Waals surface area contributed by atoms with Gasteiger partial charge in [0.2, 0.25) is 0 Å². The summed E-state index contributed by atoms with van der Waals surface area (Å²) in [6.45, 7) is -0.932. The van der Waals surface area contributed by atoms with E-state index < -0.39 is 54.9 Å². The van der Waals surface area contributed by atoms with Gasteiger partial charge in [-0.2, -0.15) is 0 Å². The maximum absolute atomic E-state index is 10.8. The van der Waals surface area contributed by atoms with Gasteiger partial charge in [-0.25, -0.2) is 4.79 Å². The summed E-state index contributed by atoms with van der Waals surface area (Å²) >= 11 is 0. The Kier molecular flexibility index (Phi) is 4.49. The Hall–Kier alpha value is -0.850. The summed E-state index contributed by atoms with van der Waals surface area (Å²) in [6.07, 6.45) is -8.75. The smallest absolute Gasteiger partial charge is 0.364 e. The Morgan fingerprint density at radius 3 is 2.37 bits per heavy atom. The molecule has 10 nitrogen and oxygen atoms in total. The fourth-order valence-corrected chi connectivity index (χ4v) is 1.76. The Morgan fingerprint density at radius 2 is 1.95 bits per heavy atom. The molecule has 0 spiro atoms. The third-order valence-electron chi connectivity index (χ3n) is 3.01. The first kappa shape index (κ1) is 16.2. The topological polar surface area (TPSA) is 194 Å². The van der Waals surface area contributed by atoms with Crippen molar-refractivity contribution in [2.24, 2.45) is 5.73 Å². The van der Waals surface area contributed by atoms with Gasteiger partial charge in [-0.1, -0.05) is 0 Å². The van der Waals surface area contributed by atoms with E-state index in [4.69, 9.17) is 15.9 Å². The second-order valence-electron chi connectivity index (χ2n) is 4.48. The van der Waals surface area contributed by atoms with Gasteiger partial charge in [0.05, 0.1) is 6.61 Å². The van der Waals surface area contributed by atoms with Gasteiger partial charge in [-0.05, 0) is 0 Å². The van der Waals surface area contributed by atoms with Crippen LogP contribution >= 0.6 is 0 Å². The molecule has 112 valence electrons. The first-order chi connectivity index (χ1) is 8.56. The number of carboxylic acids is 1. The van der Waals surface area contributed by atoms with Gasteiger partial charge in [0.25, 0.3) is 5.79 Å². The van der Waals surface area contributed by atoms with Crippen LogP contribution in [0.3, 0.4) is 0 Å². The summed E-state index contributed by atoms with van der Waals surface area (Å²) in [5.74, 6) is -4.75. The van der Waals surface area contributed by atoms with E-state index in [0.717, 1.165) is 0 Å². The van der Waals surface area contributed by atoms with Gasteiger partial charge in [0.15, 0.2) is 5.72 Å². The summed E-state index contributed by atoms with van der Waals surface area (Å²) in [5, 5.41) is 65.3. The molecular weight excluding hydrogens is 266 g/mol. The number of hydrogen-bond donors (Lipinski definition) is 8. The standard InChI is InChI=1S/C9H17NO9/c10-9(18)4(13)1-8(17,7(15)16)19-6(9)5(14)3(12)2-11/h3-6,11-14,17-18H,1-2,10H2,(H,15,16)/t3-,4+,5-,6+,8+,9+/m1/s1. The van der Waals surface area contributed by atoms with Crippen LogP contribution in [0.15, 0.2) is 0 Å². The Morgan fingerprint density at radius 1 is 1.42 bits per heavy atom. The molecule has 1 heterocycles. The summed E-state index contributed by atoms with van der Waals surface area (Å²) in [5.41, 5.74) is 2.69. The van der Waals surface area contributed by atoms with Crippen LogP contribution in [0, 0.1) is 0 Å². The van der Waals surface area contributed by atoms with Gasteiger partial charge in [0.1, 0.15) is 24.4 Å². The van der Waals surface area contributed by atoms with E-state index in [9.17, 15) is 30.3 Å². The number of carboxylic acid groups (broad SMARTS) is 1. The predicted octanol–water partition coefficient (Wildman–Crippen LogP) is -4.73. The van der Waals surface area contributed by atoms with E-state index in [1.165, 1.54) is 0 Å². The molecule has 6 atom stereocenters. The largest absolute Gasteiger partial charge is 0.477 e. The zero-order chi connectivity index (χ0) is 15.0. The molecule has 0 amide bonds. The SMILES string of the molecule is N[C@]1(O)[C@@H](O)C[C@@](O)(C(=O)O)O[C@H]1[C@H](O)[C@H](O)CO. The minimum Gasteiger partial charge on any atom is -0.477 e.